The van der Waals surface area contributed by atoms with Crippen LogP contribution in [0.2, 0.25) is 0 Å². The highest BCUT2D eigenvalue weighted by Crippen LogP contribution is 2.32. The zero-order chi connectivity index (χ0) is 15.6. The molecule has 1 aromatic heterocycles. The standard InChI is InChI=1S/C17H29N3OS/c1-17(2,3)16-18-14-13-20(8-5-15(14)22-16)7-4-6-19-9-11-21-12-10-19/h4-13H2,1-3H3. The van der Waals surface area contributed by atoms with Crippen LogP contribution < -0.4 is 0 Å². The Kier molecular flexibility index (Phi) is 5.17. The molecule has 1 aromatic rings. The molecule has 0 atom stereocenters. The topological polar surface area (TPSA) is 28.6 Å². The number of thiazole rings is 1. The van der Waals surface area contributed by atoms with Gasteiger partial charge in [-0.25, -0.2) is 4.98 Å². The van der Waals surface area contributed by atoms with Gasteiger partial charge in [-0.05, 0) is 25.9 Å². The van der Waals surface area contributed by atoms with Crippen LogP contribution in [0.15, 0.2) is 0 Å². The van der Waals surface area contributed by atoms with Crippen LogP contribution in [0.4, 0.5) is 0 Å². The maximum absolute atomic E-state index is 5.41. The molecule has 124 valence electrons. The lowest BCUT2D eigenvalue weighted by molar-refractivity contribution is 0.0359. The van der Waals surface area contributed by atoms with E-state index in [4.69, 9.17) is 9.72 Å². The summed E-state index contributed by atoms with van der Waals surface area (Å²) in [6, 6.07) is 0. The summed E-state index contributed by atoms with van der Waals surface area (Å²) < 4.78 is 5.41. The average molecular weight is 324 g/mol. The molecule has 2 aliphatic heterocycles. The molecule has 2 aliphatic rings. The number of ether oxygens (including phenoxy) is 1. The molecule has 0 aliphatic carbocycles. The molecular weight excluding hydrogens is 294 g/mol. The number of hydrogen-bond acceptors (Lipinski definition) is 5. The number of nitrogens with zero attached hydrogens (tertiary/aromatic N) is 3. The summed E-state index contributed by atoms with van der Waals surface area (Å²) in [6.45, 7) is 15.4. The maximum Gasteiger partial charge on any atom is 0.0985 e. The summed E-state index contributed by atoms with van der Waals surface area (Å²) in [5.41, 5.74) is 1.52. The van der Waals surface area contributed by atoms with E-state index in [1.54, 1.807) is 0 Å². The van der Waals surface area contributed by atoms with E-state index in [1.807, 2.05) is 11.3 Å². The Bertz CT molecular complexity index is 489. The number of morpholine rings is 1. The van der Waals surface area contributed by atoms with Crippen molar-refractivity contribution in [1.82, 2.24) is 14.8 Å². The molecule has 0 spiro atoms. The van der Waals surface area contributed by atoms with Crippen molar-refractivity contribution in [1.29, 1.82) is 0 Å². The lowest BCUT2D eigenvalue weighted by Gasteiger charge is -2.29. The summed E-state index contributed by atoms with van der Waals surface area (Å²) in [7, 11) is 0. The highest BCUT2D eigenvalue weighted by molar-refractivity contribution is 7.11. The van der Waals surface area contributed by atoms with E-state index in [0.717, 1.165) is 32.8 Å². The van der Waals surface area contributed by atoms with Gasteiger partial charge in [0.2, 0.25) is 0 Å². The van der Waals surface area contributed by atoms with Gasteiger partial charge in [-0.2, -0.15) is 0 Å². The van der Waals surface area contributed by atoms with E-state index in [9.17, 15) is 0 Å². The summed E-state index contributed by atoms with van der Waals surface area (Å²) in [5.74, 6) is 0. The normalized spacial score (nSPS) is 21.0. The predicted octanol–water partition coefficient (Wildman–Crippen LogP) is 2.52. The SMILES string of the molecule is CC(C)(C)c1nc2c(s1)CCN(CCCN1CCOCC1)C2. The third-order valence-corrected chi connectivity index (χ3v) is 6.08. The number of aromatic nitrogens is 1. The van der Waals surface area contributed by atoms with E-state index in [1.165, 1.54) is 48.1 Å². The second kappa shape index (κ2) is 6.95. The molecule has 0 bridgehead atoms. The number of fused-ring (bicyclic) bond motifs is 1. The maximum atomic E-state index is 5.41. The lowest BCUT2D eigenvalue weighted by Crippen LogP contribution is -2.38. The van der Waals surface area contributed by atoms with E-state index in [2.05, 4.69) is 30.6 Å². The van der Waals surface area contributed by atoms with Crippen molar-refractivity contribution in [2.45, 2.75) is 45.6 Å². The number of hydrogen-bond donors (Lipinski definition) is 0. The van der Waals surface area contributed by atoms with Crippen molar-refractivity contribution in [3.63, 3.8) is 0 Å². The molecule has 0 saturated carbocycles. The van der Waals surface area contributed by atoms with Crippen LogP contribution >= 0.6 is 11.3 Å². The molecule has 0 radical (unpaired) electrons. The van der Waals surface area contributed by atoms with Gasteiger partial charge in [0.05, 0.1) is 23.9 Å². The Labute approximate surface area is 138 Å². The Morgan fingerprint density at radius 1 is 1.09 bits per heavy atom. The molecule has 1 fully saturated rings. The highest BCUT2D eigenvalue weighted by Gasteiger charge is 2.25. The van der Waals surface area contributed by atoms with Crippen molar-refractivity contribution >= 4 is 11.3 Å². The van der Waals surface area contributed by atoms with Crippen LogP contribution in [0.3, 0.4) is 0 Å². The molecule has 0 aromatic carbocycles. The molecule has 3 heterocycles. The lowest BCUT2D eigenvalue weighted by atomic mass is 9.98. The first-order valence-electron chi connectivity index (χ1n) is 8.54. The van der Waals surface area contributed by atoms with E-state index in [-0.39, 0.29) is 5.41 Å². The van der Waals surface area contributed by atoms with Crippen molar-refractivity contribution in [3.8, 4) is 0 Å². The van der Waals surface area contributed by atoms with Gasteiger partial charge in [0.15, 0.2) is 0 Å². The van der Waals surface area contributed by atoms with Gasteiger partial charge < -0.3 is 4.74 Å². The summed E-state index contributed by atoms with van der Waals surface area (Å²) in [4.78, 5) is 11.5. The molecule has 4 nitrogen and oxygen atoms in total. The Hall–Kier alpha value is -0.490. The zero-order valence-electron chi connectivity index (χ0n) is 14.2. The number of rotatable bonds is 4. The van der Waals surface area contributed by atoms with Gasteiger partial charge >= 0.3 is 0 Å². The van der Waals surface area contributed by atoms with Crippen LogP contribution in [-0.2, 0) is 23.1 Å². The van der Waals surface area contributed by atoms with E-state index in [0.29, 0.717) is 0 Å². The van der Waals surface area contributed by atoms with E-state index < -0.39 is 0 Å². The van der Waals surface area contributed by atoms with Gasteiger partial charge in [-0.15, -0.1) is 11.3 Å². The molecule has 0 N–H and O–H groups in total. The third-order valence-electron chi connectivity index (χ3n) is 4.50. The molecule has 1 saturated heterocycles. The average Bonchev–Trinajstić information content (AvgIpc) is 2.92. The summed E-state index contributed by atoms with van der Waals surface area (Å²) in [5, 5.41) is 1.30. The van der Waals surface area contributed by atoms with Crippen molar-refractivity contribution in [3.05, 3.63) is 15.6 Å². The monoisotopic (exact) mass is 323 g/mol. The molecular formula is C17H29N3OS. The fourth-order valence-corrected chi connectivity index (χ4v) is 4.22. The zero-order valence-corrected chi connectivity index (χ0v) is 15.0. The third kappa shape index (κ3) is 4.07. The molecule has 0 unspecified atom stereocenters. The van der Waals surface area contributed by atoms with Crippen molar-refractivity contribution < 1.29 is 4.74 Å². The van der Waals surface area contributed by atoms with E-state index >= 15 is 0 Å². The molecule has 0 amide bonds. The van der Waals surface area contributed by atoms with Gasteiger partial charge in [0.1, 0.15) is 0 Å². The van der Waals surface area contributed by atoms with Crippen LogP contribution in [0.5, 0.6) is 0 Å². The second-order valence-corrected chi connectivity index (χ2v) is 8.56. The van der Waals surface area contributed by atoms with Gasteiger partial charge in [-0.1, -0.05) is 20.8 Å². The first-order chi connectivity index (χ1) is 10.5. The fraction of sp³-hybridized carbons (Fsp3) is 0.824. The second-order valence-electron chi connectivity index (χ2n) is 7.47. The minimum atomic E-state index is 0.184. The predicted molar refractivity (Wildman–Crippen MR) is 91.7 cm³/mol. The van der Waals surface area contributed by atoms with Crippen LogP contribution in [0.25, 0.3) is 0 Å². The van der Waals surface area contributed by atoms with Crippen LogP contribution in [0, 0.1) is 0 Å². The Morgan fingerprint density at radius 3 is 2.55 bits per heavy atom. The molecule has 3 rings (SSSR count). The Morgan fingerprint density at radius 2 is 1.82 bits per heavy atom. The van der Waals surface area contributed by atoms with Gasteiger partial charge in [0, 0.05) is 36.5 Å². The molecule has 5 heteroatoms. The van der Waals surface area contributed by atoms with Crippen LogP contribution in [0.1, 0.15) is 42.8 Å². The van der Waals surface area contributed by atoms with Gasteiger partial charge in [0.25, 0.3) is 0 Å². The fourth-order valence-electron chi connectivity index (χ4n) is 3.11. The largest absolute Gasteiger partial charge is 0.379 e. The minimum absolute atomic E-state index is 0.184. The smallest absolute Gasteiger partial charge is 0.0985 e. The quantitative estimate of drug-likeness (QED) is 0.851. The first kappa shape index (κ1) is 16.4. The summed E-state index contributed by atoms with van der Waals surface area (Å²) >= 11 is 1.93. The first-order valence-corrected chi connectivity index (χ1v) is 9.35. The van der Waals surface area contributed by atoms with Crippen molar-refractivity contribution in [2.75, 3.05) is 45.9 Å². The van der Waals surface area contributed by atoms with Crippen LogP contribution in [-0.4, -0.2) is 60.7 Å². The Balaban J connectivity index is 1.48. The van der Waals surface area contributed by atoms with Gasteiger partial charge in [-0.3, -0.25) is 9.80 Å². The molecule has 22 heavy (non-hydrogen) atoms. The van der Waals surface area contributed by atoms with Crippen molar-refractivity contribution in [2.24, 2.45) is 0 Å². The highest BCUT2D eigenvalue weighted by atomic mass is 32.1. The minimum Gasteiger partial charge on any atom is -0.379 e. The summed E-state index contributed by atoms with van der Waals surface area (Å²) in [6.07, 6.45) is 2.44.